The highest BCUT2D eigenvalue weighted by Crippen LogP contribution is 2.33. The highest BCUT2D eigenvalue weighted by molar-refractivity contribution is 6.34. The minimum absolute atomic E-state index is 0.370. The first kappa shape index (κ1) is 10.4. The first-order valence-electron chi connectivity index (χ1n) is 3.27. The van der Waals surface area contributed by atoms with Gasteiger partial charge in [-0.3, -0.25) is 0 Å². The SMILES string of the molecule is O=C(O)C1=C(O)C(Cl)C(O)(Cl)C=C1. The summed E-state index contributed by atoms with van der Waals surface area (Å²) in [5.41, 5.74) is -0.370. The van der Waals surface area contributed by atoms with Gasteiger partial charge in [0.25, 0.3) is 0 Å². The molecule has 0 spiro atoms. The summed E-state index contributed by atoms with van der Waals surface area (Å²) in [4.78, 5) is 10.5. The highest BCUT2D eigenvalue weighted by atomic mass is 35.5. The molecule has 0 aromatic rings. The van der Waals surface area contributed by atoms with E-state index in [9.17, 15) is 15.0 Å². The van der Waals surface area contributed by atoms with Crippen LogP contribution in [0.5, 0.6) is 0 Å². The van der Waals surface area contributed by atoms with Crippen molar-refractivity contribution >= 4 is 29.2 Å². The number of aliphatic hydroxyl groups is 2. The summed E-state index contributed by atoms with van der Waals surface area (Å²) in [6.07, 6.45) is 2.01. The zero-order chi connectivity index (χ0) is 10.2. The Morgan fingerprint density at radius 3 is 2.62 bits per heavy atom. The second-order valence-electron chi connectivity index (χ2n) is 2.53. The van der Waals surface area contributed by atoms with Gasteiger partial charge in [0.05, 0.1) is 5.57 Å². The van der Waals surface area contributed by atoms with Crippen LogP contribution in [0.4, 0.5) is 0 Å². The summed E-state index contributed by atoms with van der Waals surface area (Å²) in [7, 11) is 0. The van der Waals surface area contributed by atoms with Crippen LogP contribution in [-0.2, 0) is 4.79 Å². The second kappa shape index (κ2) is 3.21. The molecule has 2 unspecified atom stereocenters. The lowest BCUT2D eigenvalue weighted by molar-refractivity contribution is -0.132. The quantitative estimate of drug-likeness (QED) is 0.581. The van der Waals surface area contributed by atoms with Crippen LogP contribution in [0.2, 0.25) is 0 Å². The molecule has 1 aliphatic rings. The monoisotopic (exact) mass is 224 g/mol. The number of carbonyl (C=O) groups is 1. The Labute approximate surface area is 83.7 Å². The van der Waals surface area contributed by atoms with Crippen molar-refractivity contribution in [3.63, 3.8) is 0 Å². The van der Waals surface area contributed by atoms with Crippen LogP contribution in [0, 0.1) is 0 Å². The van der Waals surface area contributed by atoms with Crippen LogP contribution in [-0.4, -0.2) is 31.7 Å². The molecular formula is C7H6Cl2O4. The topological polar surface area (TPSA) is 77.8 Å². The Morgan fingerprint density at radius 2 is 2.15 bits per heavy atom. The minimum atomic E-state index is -1.94. The Balaban J connectivity index is 3.11. The molecule has 2 atom stereocenters. The molecule has 0 aromatic heterocycles. The van der Waals surface area contributed by atoms with Gasteiger partial charge in [-0.1, -0.05) is 11.6 Å². The molecule has 0 fully saturated rings. The lowest BCUT2D eigenvalue weighted by Gasteiger charge is -2.25. The van der Waals surface area contributed by atoms with E-state index in [0.717, 1.165) is 12.2 Å². The molecule has 3 N–H and O–H groups in total. The van der Waals surface area contributed by atoms with Crippen molar-refractivity contribution in [3.05, 3.63) is 23.5 Å². The maximum absolute atomic E-state index is 10.5. The fraction of sp³-hybridized carbons (Fsp3) is 0.286. The van der Waals surface area contributed by atoms with Gasteiger partial charge in [-0.05, 0) is 12.2 Å². The van der Waals surface area contributed by atoms with E-state index in [1.54, 1.807) is 0 Å². The first-order valence-corrected chi connectivity index (χ1v) is 4.08. The van der Waals surface area contributed by atoms with Crippen LogP contribution in [0.1, 0.15) is 0 Å². The number of halogens is 2. The molecular weight excluding hydrogens is 219 g/mol. The average Bonchev–Trinajstić information content (AvgIpc) is 2.00. The van der Waals surface area contributed by atoms with Crippen molar-refractivity contribution in [2.24, 2.45) is 0 Å². The number of aliphatic hydroxyl groups excluding tert-OH is 1. The van der Waals surface area contributed by atoms with Crippen LogP contribution in [0.3, 0.4) is 0 Å². The Hall–Kier alpha value is -0.710. The predicted molar refractivity (Wildman–Crippen MR) is 46.9 cm³/mol. The van der Waals surface area contributed by atoms with Crippen molar-refractivity contribution < 1.29 is 20.1 Å². The lowest BCUT2D eigenvalue weighted by atomic mass is 10.0. The molecule has 13 heavy (non-hydrogen) atoms. The van der Waals surface area contributed by atoms with Gasteiger partial charge >= 0.3 is 5.97 Å². The summed E-state index contributed by atoms with van der Waals surface area (Å²) < 4.78 is 0. The summed E-state index contributed by atoms with van der Waals surface area (Å²) in [6.45, 7) is 0. The smallest absolute Gasteiger partial charge is 0.339 e. The van der Waals surface area contributed by atoms with E-state index in [4.69, 9.17) is 28.3 Å². The van der Waals surface area contributed by atoms with Crippen LogP contribution >= 0.6 is 23.2 Å². The predicted octanol–water partition coefficient (Wildman–Crippen LogP) is 0.988. The molecule has 1 aliphatic carbocycles. The number of aliphatic carboxylic acids is 1. The molecule has 6 heteroatoms. The van der Waals surface area contributed by atoms with Crippen molar-refractivity contribution in [1.82, 2.24) is 0 Å². The largest absolute Gasteiger partial charge is 0.510 e. The van der Waals surface area contributed by atoms with Crippen molar-refractivity contribution in [3.8, 4) is 0 Å². The molecule has 0 aromatic carbocycles. The molecule has 72 valence electrons. The number of carboxylic acid groups (broad SMARTS) is 1. The zero-order valence-electron chi connectivity index (χ0n) is 6.24. The van der Waals surface area contributed by atoms with Crippen molar-refractivity contribution in [1.29, 1.82) is 0 Å². The number of hydrogen-bond donors (Lipinski definition) is 3. The molecule has 0 heterocycles. The number of rotatable bonds is 1. The van der Waals surface area contributed by atoms with Gasteiger partial charge in [0.15, 0.2) is 5.06 Å². The third kappa shape index (κ3) is 1.80. The van der Waals surface area contributed by atoms with Gasteiger partial charge < -0.3 is 15.3 Å². The standard InChI is InChI=1S/C7H6Cl2O4/c8-5-4(10)3(6(11)12)1-2-7(5,9)13/h1-2,5,10,13H,(H,11,12). The first-order chi connectivity index (χ1) is 5.86. The number of hydrogen-bond acceptors (Lipinski definition) is 3. The van der Waals surface area contributed by atoms with Gasteiger partial charge in [0.1, 0.15) is 11.1 Å². The van der Waals surface area contributed by atoms with Crippen LogP contribution in [0.15, 0.2) is 23.5 Å². The summed E-state index contributed by atoms with van der Waals surface area (Å²) >= 11 is 10.9. The molecule has 0 saturated carbocycles. The molecule has 0 aliphatic heterocycles. The Bertz CT molecular complexity index is 306. The van der Waals surface area contributed by atoms with E-state index in [2.05, 4.69) is 0 Å². The van der Waals surface area contributed by atoms with Gasteiger partial charge in [-0.15, -0.1) is 11.6 Å². The van der Waals surface area contributed by atoms with Gasteiger partial charge in [-0.2, -0.15) is 0 Å². The molecule has 0 saturated heterocycles. The summed E-state index contributed by atoms with van der Waals surface area (Å²) in [6, 6.07) is 0. The zero-order valence-corrected chi connectivity index (χ0v) is 7.75. The van der Waals surface area contributed by atoms with Crippen molar-refractivity contribution in [2.45, 2.75) is 10.4 Å². The molecule has 0 bridgehead atoms. The second-order valence-corrected chi connectivity index (χ2v) is 3.57. The third-order valence-corrected chi connectivity index (χ3v) is 2.58. The summed E-state index contributed by atoms with van der Waals surface area (Å²) in [5, 5.41) is 23.7. The highest BCUT2D eigenvalue weighted by Gasteiger charge is 2.39. The number of alkyl halides is 2. The van der Waals surface area contributed by atoms with Crippen molar-refractivity contribution in [2.75, 3.05) is 0 Å². The van der Waals surface area contributed by atoms with E-state index in [0.29, 0.717) is 0 Å². The Morgan fingerprint density at radius 1 is 1.62 bits per heavy atom. The van der Waals surface area contributed by atoms with Gasteiger partial charge in [-0.25, -0.2) is 4.79 Å². The van der Waals surface area contributed by atoms with Crippen LogP contribution < -0.4 is 0 Å². The third-order valence-electron chi connectivity index (χ3n) is 1.59. The van der Waals surface area contributed by atoms with Crippen LogP contribution in [0.25, 0.3) is 0 Å². The maximum atomic E-state index is 10.5. The molecule has 0 amide bonds. The van der Waals surface area contributed by atoms with E-state index >= 15 is 0 Å². The summed E-state index contributed by atoms with van der Waals surface area (Å²) in [5.74, 6) is -1.97. The molecule has 1 rings (SSSR count). The lowest BCUT2D eigenvalue weighted by Crippen LogP contribution is -2.35. The van der Waals surface area contributed by atoms with E-state index < -0.39 is 22.2 Å². The number of carboxylic acids is 1. The van der Waals surface area contributed by atoms with Gasteiger partial charge in [0, 0.05) is 0 Å². The Kier molecular flexibility index (Phi) is 2.56. The van der Waals surface area contributed by atoms with E-state index in [-0.39, 0.29) is 5.57 Å². The fourth-order valence-corrected chi connectivity index (χ4v) is 1.24. The van der Waals surface area contributed by atoms with E-state index in [1.807, 2.05) is 0 Å². The normalized spacial score (nSPS) is 33.6. The molecule has 4 nitrogen and oxygen atoms in total. The minimum Gasteiger partial charge on any atom is -0.510 e. The van der Waals surface area contributed by atoms with Gasteiger partial charge in [0.2, 0.25) is 0 Å². The van der Waals surface area contributed by atoms with E-state index in [1.165, 1.54) is 0 Å². The molecule has 0 radical (unpaired) electrons. The average molecular weight is 225 g/mol. The fourth-order valence-electron chi connectivity index (χ4n) is 0.879. The maximum Gasteiger partial charge on any atom is 0.339 e.